The summed E-state index contributed by atoms with van der Waals surface area (Å²) in [5, 5.41) is 0. The molecule has 0 amide bonds. The van der Waals surface area contributed by atoms with Gasteiger partial charge in [-0.1, -0.05) is 38.2 Å². The van der Waals surface area contributed by atoms with Gasteiger partial charge in [-0.15, -0.1) is 0 Å². The van der Waals surface area contributed by atoms with Crippen molar-refractivity contribution in [3.05, 3.63) is 24.3 Å². The molecule has 10 heavy (non-hydrogen) atoms. The van der Waals surface area contributed by atoms with E-state index < -0.39 is 0 Å². The van der Waals surface area contributed by atoms with E-state index in [9.17, 15) is 0 Å². The predicted octanol–water partition coefficient (Wildman–Crippen LogP) is 3.31. The minimum Gasteiger partial charge on any atom is -0.0837 e. The zero-order valence-corrected chi connectivity index (χ0v) is 6.93. The first-order chi connectivity index (χ1) is 4.83. The zero-order chi connectivity index (χ0) is 7.45. The molecule has 0 aromatic heterocycles. The van der Waals surface area contributed by atoms with Crippen LogP contribution in [0.15, 0.2) is 24.3 Å². The van der Waals surface area contributed by atoms with Crippen LogP contribution >= 0.6 is 0 Å². The summed E-state index contributed by atoms with van der Waals surface area (Å²) in [6.45, 7) is 4.54. The summed E-state index contributed by atoms with van der Waals surface area (Å²) in [4.78, 5) is 0. The Kier molecular flexibility index (Phi) is 2.31. The minimum atomic E-state index is 0.495. The third kappa shape index (κ3) is 1.31. The molecular formula is C10H16. The molecule has 1 rings (SSSR count). The highest BCUT2D eigenvalue weighted by atomic mass is 14.3. The highest BCUT2D eigenvalue weighted by Crippen LogP contribution is 2.34. The van der Waals surface area contributed by atoms with Gasteiger partial charge in [0.15, 0.2) is 0 Å². The van der Waals surface area contributed by atoms with Crippen molar-refractivity contribution in [2.45, 2.75) is 33.1 Å². The molecule has 0 heteroatoms. The summed E-state index contributed by atoms with van der Waals surface area (Å²) >= 11 is 0. The van der Waals surface area contributed by atoms with Crippen LogP contribution in [-0.4, -0.2) is 0 Å². The number of hydrogen-bond donors (Lipinski definition) is 0. The second kappa shape index (κ2) is 3.05. The van der Waals surface area contributed by atoms with E-state index in [0.717, 1.165) is 0 Å². The molecule has 56 valence electrons. The van der Waals surface area contributed by atoms with E-state index in [4.69, 9.17) is 0 Å². The van der Waals surface area contributed by atoms with Crippen LogP contribution in [0.25, 0.3) is 0 Å². The molecule has 0 saturated heterocycles. The molecule has 0 unspecified atom stereocenters. The Morgan fingerprint density at radius 3 is 2.20 bits per heavy atom. The highest BCUT2D eigenvalue weighted by molar-refractivity contribution is 5.15. The number of rotatable bonds is 2. The van der Waals surface area contributed by atoms with Crippen molar-refractivity contribution < 1.29 is 0 Å². The molecule has 0 aliphatic heterocycles. The Morgan fingerprint density at radius 2 is 1.90 bits per heavy atom. The lowest BCUT2D eigenvalue weighted by atomic mass is 9.77. The summed E-state index contributed by atoms with van der Waals surface area (Å²) in [6, 6.07) is 0. The fourth-order valence-electron chi connectivity index (χ4n) is 1.48. The Morgan fingerprint density at radius 1 is 1.20 bits per heavy atom. The van der Waals surface area contributed by atoms with Crippen molar-refractivity contribution >= 4 is 0 Å². The Balaban J connectivity index is 2.66. The number of hydrogen-bond acceptors (Lipinski definition) is 0. The molecule has 0 atom stereocenters. The van der Waals surface area contributed by atoms with Crippen molar-refractivity contribution in [2.75, 3.05) is 0 Å². The van der Waals surface area contributed by atoms with E-state index in [2.05, 4.69) is 38.2 Å². The average molecular weight is 136 g/mol. The largest absolute Gasteiger partial charge is 0.0837 e. The Hall–Kier alpha value is -0.520. The quantitative estimate of drug-likeness (QED) is 0.546. The monoisotopic (exact) mass is 136 g/mol. The summed E-state index contributed by atoms with van der Waals surface area (Å²) in [5.74, 6) is 0. The van der Waals surface area contributed by atoms with Crippen LogP contribution in [0.5, 0.6) is 0 Å². The maximum Gasteiger partial charge on any atom is -0.00858 e. The molecule has 0 fully saturated rings. The predicted molar refractivity (Wildman–Crippen MR) is 45.9 cm³/mol. The minimum absolute atomic E-state index is 0.495. The lowest BCUT2D eigenvalue weighted by Gasteiger charge is -2.28. The Labute approximate surface area is 63.6 Å². The van der Waals surface area contributed by atoms with Crippen LogP contribution in [-0.2, 0) is 0 Å². The molecule has 0 spiro atoms. The van der Waals surface area contributed by atoms with Crippen LogP contribution in [0.4, 0.5) is 0 Å². The van der Waals surface area contributed by atoms with Crippen LogP contribution in [0.1, 0.15) is 33.1 Å². The van der Waals surface area contributed by atoms with Crippen molar-refractivity contribution in [3.63, 3.8) is 0 Å². The van der Waals surface area contributed by atoms with Gasteiger partial charge in [-0.3, -0.25) is 0 Å². The standard InChI is InChI=1S/C10H16/c1-3-10(4-2)8-6-5-7-9-10/h5-8H,3-4,9H2,1-2H3. The van der Waals surface area contributed by atoms with Crippen LogP contribution in [0.3, 0.4) is 0 Å². The van der Waals surface area contributed by atoms with Crippen LogP contribution in [0.2, 0.25) is 0 Å². The van der Waals surface area contributed by atoms with Gasteiger partial charge >= 0.3 is 0 Å². The second-order valence-electron chi connectivity index (χ2n) is 3.06. The first kappa shape index (κ1) is 7.59. The Bertz CT molecular complexity index is 147. The van der Waals surface area contributed by atoms with E-state index in [1.165, 1.54) is 19.3 Å². The average Bonchev–Trinajstić information content (AvgIpc) is 2.06. The maximum absolute atomic E-state index is 2.35. The molecule has 1 aliphatic rings. The normalized spacial score (nSPS) is 21.4. The first-order valence-corrected chi connectivity index (χ1v) is 4.17. The molecule has 0 heterocycles. The molecule has 0 aromatic carbocycles. The van der Waals surface area contributed by atoms with Gasteiger partial charge in [-0.05, 0) is 24.7 Å². The van der Waals surface area contributed by atoms with Crippen molar-refractivity contribution in [2.24, 2.45) is 5.41 Å². The van der Waals surface area contributed by atoms with Gasteiger partial charge in [0, 0.05) is 0 Å². The first-order valence-electron chi connectivity index (χ1n) is 4.17. The van der Waals surface area contributed by atoms with E-state index >= 15 is 0 Å². The summed E-state index contributed by atoms with van der Waals surface area (Å²) < 4.78 is 0. The maximum atomic E-state index is 2.35. The lowest BCUT2D eigenvalue weighted by molar-refractivity contribution is 0.354. The highest BCUT2D eigenvalue weighted by Gasteiger charge is 2.21. The summed E-state index contributed by atoms with van der Waals surface area (Å²) in [6.07, 6.45) is 12.7. The van der Waals surface area contributed by atoms with Gasteiger partial charge in [0.1, 0.15) is 0 Å². The molecule has 0 radical (unpaired) electrons. The second-order valence-corrected chi connectivity index (χ2v) is 3.06. The van der Waals surface area contributed by atoms with Crippen LogP contribution < -0.4 is 0 Å². The fraction of sp³-hybridized carbons (Fsp3) is 0.600. The van der Waals surface area contributed by atoms with E-state index in [0.29, 0.717) is 5.41 Å². The third-order valence-corrected chi connectivity index (χ3v) is 2.63. The van der Waals surface area contributed by atoms with E-state index in [-0.39, 0.29) is 0 Å². The molecule has 0 nitrogen and oxygen atoms in total. The van der Waals surface area contributed by atoms with E-state index in [1.807, 2.05) is 0 Å². The molecular weight excluding hydrogens is 120 g/mol. The molecule has 0 saturated carbocycles. The van der Waals surface area contributed by atoms with Crippen molar-refractivity contribution in [1.82, 2.24) is 0 Å². The van der Waals surface area contributed by atoms with Crippen LogP contribution in [0, 0.1) is 5.41 Å². The SMILES string of the molecule is CCC1(CC)C=CC=CC1. The van der Waals surface area contributed by atoms with Gasteiger partial charge in [0.2, 0.25) is 0 Å². The molecule has 0 bridgehead atoms. The number of allylic oxidation sites excluding steroid dienone is 4. The van der Waals surface area contributed by atoms with Gasteiger partial charge < -0.3 is 0 Å². The third-order valence-electron chi connectivity index (χ3n) is 2.63. The van der Waals surface area contributed by atoms with Gasteiger partial charge in [0.05, 0.1) is 0 Å². The molecule has 1 aliphatic carbocycles. The molecule has 0 N–H and O–H groups in total. The van der Waals surface area contributed by atoms with Crippen molar-refractivity contribution in [3.8, 4) is 0 Å². The lowest BCUT2D eigenvalue weighted by Crippen LogP contribution is -2.15. The smallest absolute Gasteiger partial charge is 0.00858 e. The summed E-state index contributed by atoms with van der Waals surface area (Å²) in [5.41, 5.74) is 0.495. The fourth-order valence-corrected chi connectivity index (χ4v) is 1.48. The molecule has 0 aromatic rings. The van der Waals surface area contributed by atoms with Gasteiger partial charge in [-0.2, -0.15) is 0 Å². The van der Waals surface area contributed by atoms with Gasteiger partial charge in [0.25, 0.3) is 0 Å². The topological polar surface area (TPSA) is 0 Å². The van der Waals surface area contributed by atoms with Gasteiger partial charge in [-0.25, -0.2) is 0 Å². The summed E-state index contributed by atoms with van der Waals surface area (Å²) in [7, 11) is 0. The van der Waals surface area contributed by atoms with Crippen molar-refractivity contribution in [1.29, 1.82) is 0 Å². The van der Waals surface area contributed by atoms with E-state index in [1.54, 1.807) is 0 Å². The zero-order valence-electron chi connectivity index (χ0n) is 6.93.